The third kappa shape index (κ3) is 4.82. The zero-order valence-electron chi connectivity index (χ0n) is 15.3. The Hall–Kier alpha value is -2.59. The molecule has 1 fully saturated rings. The van der Waals surface area contributed by atoms with Gasteiger partial charge in [-0.1, -0.05) is 12.1 Å². The fourth-order valence-corrected chi connectivity index (χ4v) is 4.99. The Labute approximate surface area is 167 Å². The van der Waals surface area contributed by atoms with E-state index < -0.39 is 10.0 Å². The molecule has 2 amide bonds. The lowest BCUT2D eigenvalue weighted by Gasteiger charge is -2.31. The van der Waals surface area contributed by atoms with E-state index in [1.165, 1.54) is 19.2 Å². The largest absolute Gasteiger partial charge is 0.453 e. The van der Waals surface area contributed by atoms with Crippen LogP contribution in [0.25, 0.3) is 0 Å². The second kappa shape index (κ2) is 8.61. The summed E-state index contributed by atoms with van der Waals surface area (Å²) in [5, 5.41) is 4.62. The van der Waals surface area contributed by atoms with Gasteiger partial charge in [0.1, 0.15) is 4.21 Å². The minimum absolute atomic E-state index is 0.0557. The van der Waals surface area contributed by atoms with Crippen LogP contribution >= 0.6 is 11.3 Å². The number of sulfonamides is 1. The first kappa shape index (κ1) is 20.2. The standard InChI is InChI=1S/C18H21N3O5S2/c1-26-18(23)21-9-7-14(8-10-21)19-17(22)13-4-2-5-15(12-13)20-28(24,25)16-6-3-11-27-16/h2-6,11-12,14,20H,7-10H2,1H3,(H,19,22). The summed E-state index contributed by atoms with van der Waals surface area (Å²) in [6.07, 6.45) is 0.896. The van der Waals surface area contributed by atoms with E-state index in [4.69, 9.17) is 4.74 Å². The molecule has 1 aromatic carbocycles. The van der Waals surface area contributed by atoms with Crippen molar-refractivity contribution < 1.29 is 22.7 Å². The highest BCUT2D eigenvalue weighted by Gasteiger charge is 2.24. The minimum atomic E-state index is -3.67. The molecule has 0 saturated carbocycles. The third-order valence-electron chi connectivity index (χ3n) is 4.40. The van der Waals surface area contributed by atoms with Crippen LogP contribution in [0.1, 0.15) is 23.2 Å². The van der Waals surface area contributed by atoms with Crippen molar-refractivity contribution >= 4 is 39.0 Å². The minimum Gasteiger partial charge on any atom is -0.453 e. The smallest absolute Gasteiger partial charge is 0.409 e. The number of piperidine rings is 1. The molecule has 0 radical (unpaired) electrons. The number of carbonyl (C=O) groups is 2. The zero-order valence-corrected chi connectivity index (χ0v) is 16.9. The number of ether oxygens (including phenoxy) is 1. The molecule has 0 aliphatic carbocycles. The van der Waals surface area contributed by atoms with Gasteiger partial charge in [0, 0.05) is 30.4 Å². The van der Waals surface area contributed by atoms with Crippen molar-refractivity contribution in [3.05, 3.63) is 47.3 Å². The molecule has 0 unspecified atom stereocenters. The summed E-state index contributed by atoms with van der Waals surface area (Å²) in [5.74, 6) is -0.284. The number of anilines is 1. The molecular formula is C18H21N3O5S2. The summed E-state index contributed by atoms with van der Waals surface area (Å²) in [5.41, 5.74) is 0.684. The molecule has 28 heavy (non-hydrogen) atoms. The van der Waals surface area contributed by atoms with E-state index in [0.717, 1.165) is 11.3 Å². The number of thiophene rings is 1. The number of hydrogen-bond acceptors (Lipinski definition) is 6. The number of likely N-dealkylation sites (tertiary alicyclic amines) is 1. The number of rotatable bonds is 5. The van der Waals surface area contributed by atoms with Gasteiger partial charge in [0.25, 0.3) is 15.9 Å². The zero-order chi connectivity index (χ0) is 20.1. The maximum Gasteiger partial charge on any atom is 0.409 e. The molecule has 10 heteroatoms. The van der Waals surface area contributed by atoms with Gasteiger partial charge < -0.3 is 15.0 Å². The topological polar surface area (TPSA) is 105 Å². The van der Waals surface area contributed by atoms with Crippen LogP contribution in [0, 0.1) is 0 Å². The fourth-order valence-electron chi connectivity index (χ4n) is 2.95. The number of carbonyl (C=O) groups excluding carboxylic acids is 2. The van der Waals surface area contributed by atoms with E-state index in [2.05, 4.69) is 10.0 Å². The summed E-state index contributed by atoms with van der Waals surface area (Å²) in [6, 6.07) is 9.47. The number of nitrogens with one attached hydrogen (secondary N) is 2. The number of hydrogen-bond donors (Lipinski definition) is 2. The highest BCUT2D eigenvalue weighted by Crippen LogP contribution is 2.21. The van der Waals surface area contributed by atoms with Gasteiger partial charge in [-0.05, 0) is 42.5 Å². The Morgan fingerprint density at radius 2 is 1.93 bits per heavy atom. The first-order valence-electron chi connectivity index (χ1n) is 8.69. The third-order valence-corrected chi connectivity index (χ3v) is 7.18. The second-order valence-electron chi connectivity index (χ2n) is 6.32. The molecule has 0 spiro atoms. The average Bonchev–Trinajstić information content (AvgIpc) is 3.24. The number of amides is 2. The van der Waals surface area contributed by atoms with Crippen molar-refractivity contribution in [2.75, 3.05) is 24.9 Å². The average molecular weight is 424 g/mol. The van der Waals surface area contributed by atoms with Gasteiger partial charge in [-0.2, -0.15) is 0 Å². The molecule has 2 aromatic rings. The summed E-state index contributed by atoms with van der Waals surface area (Å²) in [7, 11) is -2.33. The molecule has 150 valence electrons. The van der Waals surface area contributed by atoms with Crippen LogP contribution in [-0.2, 0) is 14.8 Å². The van der Waals surface area contributed by atoms with Crippen LogP contribution in [0.15, 0.2) is 46.0 Å². The van der Waals surface area contributed by atoms with Crippen LogP contribution < -0.4 is 10.0 Å². The predicted molar refractivity (Wildman–Crippen MR) is 106 cm³/mol. The predicted octanol–water partition coefficient (Wildman–Crippen LogP) is 2.51. The van der Waals surface area contributed by atoms with Gasteiger partial charge in [-0.3, -0.25) is 9.52 Å². The molecule has 1 aromatic heterocycles. The summed E-state index contributed by atoms with van der Waals surface area (Å²) in [4.78, 5) is 25.7. The molecule has 0 atom stereocenters. The van der Waals surface area contributed by atoms with Crippen molar-refractivity contribution in [2.24, 2.45) is 0 Å². The lowest BCUT2D eigenvalue weighted by Crippen LogP contribution is -2.46. The van der Waals surface area contributed by atoms with Crippen molar-refractivity contribution in [2.45, 2.75) is 23.1 Å². The van der Waals surface area contributed by atoms with E-state index in [-0.39, 0.29) is 22.3 Å². The summed E-state index contributed by atoms with van der Waals surface area (Å²) in [6.45, 7) is 1.02. The van der Waals surface area contributed by atoms with Crippen LogP contribution in [0.2, 0.25) is 0 Å². The molecule has 1 aliphatic rings. The maximum atomic E-state index is 12.5. The van der Waals surface area contributed by atoms with Crippen LogP contribution in [0.3, 0.4) is 0 Å². The molecule has 2 heterocycles. The number of nitrogens with zero attached hydrogens (tertiary/aromatic N) is 1. The molecule has 8 nitrogen and oxygen atoms in total. The molecule has 2 N–H and O–H groups in total. The Morgan fingerprint density at radius 3 is 2.57 bits per heavy atom. The number of methoxy groups -OCH3 is 1. The van der Waals surface area contributed by atoms with Crippen molar-refractivity contribution in [1.82, 2.24) is 10.2 Å². The molecule has 3 rings (SSSR count). The maximum absolute atomic E-state index is 12.5. The molecule has 0 bridgehead atoms. The number of benzene rings is 1. The first-order valence-corrected chi connectivity index (χ1v) is 11.1. The highest BCUT2D eigenvalue weighted by molar-refractivity contribution is 7.94. The second-order valence-corrected chi connectivity index (χ2v) is 9.18. The van der Waals surface area contributed by atoms with Gasteiger partial charge in [0.2, 0.25) is 0 Å². The summed E-state index contributed by atoms with van der Waals surface area (Å²) < 4.78 is 32.1. The molecular weight excluding hydrogens is 402 g/mol. The van der Waals surface area contributed by atoms with Gasteiger partial charge in [-0.15, -0.1) is 11.3 Å². The van der Waals surface area contributed by atoms with Gasteiger partial charge in [0.15, 0.2) is 0 Å². The summed E-state index contributed by atoms with van der Waals surface area (Å²) >= 11 is 1.12. The van der Waals surface area contributed by atoms with Gasteiger partial charge >= 0.3 is 6.09 Å². The van der Waals surface area contributed by atoms with Crippen LogP contribution in [0.5, 0.6) is 0 Å². The van der Waals surface area contributed by atoms with Crippen molar-refractivity contribution in [3.8, 4) is 0 Å². The normalized spacial score (nSPS) is 15.1. The van der Waals surface area contributed by atoms with E-state index in [9.17, 15) is 18.0 Å². The molecule has 1 saturated heterocycles. The van der Waals surface area contributed by atoms with Gasteiger partial charge in [0.05, 0.1) is 7.11 Å². The lowest BCUT2D eigenvalue weighted by atomic mass is 10.0. The van der Waals surface area contributed by atoms with Crippen molar-refractivity contribution in [1.29, 1.82) is 0 Å². The quantitative estimate of drug-likeness (QED) is 0.769. The lowest BCUT2D eigenvalue weighted by molar-refractivity contribution is 0.0892. The van der Waals surface area contributed by atoms with E-state index in [1.807, 2.05) is 0 Å². The Balaban J connectivity index is 1.61. The van der Waals surface area contributed by atoms with Gasteiger partial charge in [-0.25, -0.2) is 13.2 Å². The SMILES string of the molecule is COC(=O)N1CCC(NC(=O)c2cccc(NS(=O)(=O)c3cccs3)c2)CC1. The Bertz CT molecular complexity index is 936. The van der Waals surface area contributed by atoms with Crippen LogP contribution in [-0.4, -0.2) is 51.6 Å². The van der Waals surface area contributed by atoms with E-state index in [1.54, 1.807) is 34.5 Å². The first-order chi connectivity index (χ1) is 13.4. The Morgan fingerprint density at radius 1 is 1.18 bits per heavy atom. The molecule has 1 aliphatic heterocycles. The Kier molecular flexibility index (Phi) is 6.20. The van der Waals surface area contributed by atoms with E-state index in [0.29, 0.717) is 37.2 Å². The monoisotopic (exact) mass is 423 g/mol. The van der Waals surface area contributed by atoms with Crippen LogP contribution in [0.4, 0.5) is 10.5 Å². The highest BCUT2D eigenvalue weighted by atomic mass is 32.2. The fraction of sp³-hybridized carbons (Fsp3) is 0.333. The van der Waals surface area contributed by atoms with Crippen molar-refractivity contribution in [3.63, 3.8) is 0 Å². The van der Waals surface area contributed by atoms with E-state index >= 15 is 0 Å².